The SMILES string of the molecule is COc1ccc([N+](=O)[O-])cc1N1C(=O)[C@@H]2[C@H](C1=O)[C@H]1CCCN1[C@@H]2C(=O)c1ccc(Cl)cc1. The van der Waals surface area contributed by atoms with Crippen molar-refractivity contribution in [1.29, 1.82) is 0 Å². The number of halogens is 1. The minimum Gasteiger partial charge on any atom is -0.495 e. The fourth-order valence-corrected chi connectivity index (χ4v) is 5.63. The van der Waals surface area contributed by atoms with Gasteiger partial charge < -0.3 is 4.74 Å². The van der Waals surface area contributed by atoms with Gasteiger partial charge in [-0.15, -0.1) is 0 Å². The van der Waals surface area contributed by atoms with Gasteiger partial charge in [-0.2, -0.15) is 0 Å². The van der Waals surface area contributed by atoms with Crippen LogP contribution < -0.4 is 9.64 Å². The highest BCUT2D eigenvalue weighted by atomic mass is 35.5. The number of amides is 2. The van der Waals surface area contributed by atoms with E-state index in [9.17, 15) is 24.5 Å². The third-order valence-corrected chi connectivity index (χ3v) is 7.12. The molecular weight excluding hydrogens is 450 g/mol. The van der Waals surface area contributed by atoms with Gasteiger partial charge in [0.05, 0.1) is 29.9 Å². The number of nitrogens with zero attached hydrogens (tertiary/aromatic N) is 3. The molecule has 3 aliphatic heterocycles. The summed E-state index contributed by atoms with van der Waals surface area (Å²) in [6, 6.07) is 9.22. The molecule has 0 N–H and O–H groups in total. The van der Waals surface area contributed by atoms with E-state index in [1.807, 2.05) is 4.90 Å². The van der Waals surface area contributed by atoms with E-state index in [2.05, 4.69) is 0 Å². The van der Waals surface area contributed by atoms with Crippen molar-refractivity contribution in [2.45, 2.75) is 24.9 Å². The van der Waals surface area contributed by atoms with E-state index >= 15 is 0 Å². The van der Waals surface area contributed by atoms with Crippen molar-refractivity contribution in [2.75, 3.05) is 18.6 Å². The number of ether oxygens (including phenoxy) is 1. The van der Waals surface area contributed by atoms with E-state index in [4.69, 9.17) is 16.3 Å². The summed E-state index contributed by atoms with van der Waals surface area (Å²) < 4.78 is 5.29. The summed E-state index contributed by atoms with van der Waals surface area (Å²) in [7, 11) is 1.36. The van der Waals surface area contributed by atoms with Crippen LogP contribution in [-0.2, 0) is 9.59 Å². The highest BCUT2D eigenvalue weighted by Crippen LogP contribution is 2.50. The third kappa shape index (κ3) is 3.22. The van der Waals surface area contributed by atoms with Crippen LogP contribution in [0.15, 0.2) is 42.5 Å². The molecule has 0 aliphatic carbocycles. The number of carbonyl (C=O) groups is 3. The molecule has 0 radical (unpaired) electrons. The lowest BCUT2D eigenvalue weighted by Gasteiger charge is -2.28. The first-order chi connectivity index (χ1) is 15.8. The second-order valence-corrected chi connectivity index (χ2v) is 8.88. The van der Waals surface area contributed by atoms with Gasteiger partial charge in [0.15, 0.2) is 5.78 Å². The molecule has 9 nitrogen and oxygen atoms in total. The number of carbonyl (C=O) groups excluding carboxylic acids is 3. The van der Waals surface area contributed by atoms with Gasteiger partial charge in [0.25, 0.3) is 5.69 Å². The monoisotopic (exact) mass is 469 g/mol. The largest absolute Gasteiger partial charge is 0.495 e. The second-order valence-electron chi connectivity index (χ2n) is 8.44. The van der Waals surface area contributed by atoms with Crippen LogP contribution >= 0.6 is 11.6 Å². The van der Waals surface area contributed by atoms with Crippen molar-refractivity contribution < 1.29 is 24.0 Å². The Kier molecular flexibility index (Phi) is 5.18. The van der Waals surface area contributed by atoms with Crippen LogP contribution in [0.1, 0.15) is 23.2 Å². The number of nitro groups is 1. The van der Waals surface area contributed by atoms with Gasteiger partial charge in [0.2, 0.25) is 11.8 Å². The Hall–Kier alpha value is -3.30. The van der Waals surface area contributed by atoms with Crippen molar-refractivity contribution in [3.8, 4) is 5.75 Å². The number of hydrogen-bond donors (Lipinski definition) is 0. The first-order valence-electron chi connectivity index (χ1n) is 10.6. The van der Waals surface area contributed by atoms with E-state index < -0.39 is 34.6 Å². The highest BCUT2D eigenvalue weighted by molar-refractivity contribution is 6.30. The molecule has 2 amide bonds. The summed E-state index contributed by atoms with van der Waals surface area (Å²) in [6.45, 7) is 0.627. The van der Waals surface area contributed by atoms with Crippen LogP contribution in [0.2, 0.25) is 5.02 Å². The quantitative estimate of drug-likeness (QED) is 0.286. The molecule has 3 fully saturated rings. The normalized spacial score (nSPS) is 26.4. The second kappa shape index (κ2) is 7.93. The fourth-order valence-electron chi connectivity index (χ4n) is 5.50. The lowest BCUT2D eigenvalue weighted by Crippen LogP contribution is -2.46. The maximum atomic E-state index is 13.7. The Labute approximate surface area is 194 Å². The Balaban J connectivity index is 1.58. The Morgan fingerprint density at radius 1 is 1.12 bits per heavy atom. The number of hydrogen-bond acceptors (Lipinski definition) is 7. The number of non-ortho nitro benzene ring substituents is 1. The van der Waals surface area contributed by atoms with Gasteiger partial charge in [-0.05, 0) is 49.7 Å². The summed E-state index contributed by atoms with van der Waals surface area (Å²) in [5.74, 6) is -2.61. The molecule has 0 bridgehead atoms. The molecule has 2 aromatic rings. The zero-order chi connectivity index (χ0) is 23.4. The molecule has 5 rings (SSSR count). The number of nitro benzene ring substituents is 1. The predicted octanol–water partition coefficient (Wildman–Crippen LogP) is 3.09. The molecule has 2 aromatic carbocycles. The summed E-state index contributed by atoms with van der Waals surface area (Å²) in [5.41, 5.74) is 0.181. The maximum absolute atomic E-state index is 13.7. The van der Waals surface area contributed by atoms with Crippen LogP contribution in [0.3, 0.4) is 0 Å². The first kappa shape index (κ1) is 21.5. The molecule has 10 heteroatoms. The lowest BCUT2D eigenvalue weighted by atomic mass is 9.85. The Bertz CT molecular complexity index is 1180. The van der Waals surface area contributed by atoms with E-state index in [-0.39, 0.29) is 28.9 Å². The van der Waals surface area contributed by atoms with Crippen molar-refractivity contribution >= 4 is 40.6 Å². The first-order valence-corrected chi connectivity index (χ1v) is 11.0. The fraction of sp³-hybridized carbons (Fsp3) is 0.348. The minimum atomic E-state index is -0.866. The van der Waals surface area contributed by atoms with Crippen molar-refractivity contribution in [2.24, 2.45) is 11.8 Å². The van der Waals surface area contributed by atoms with Crippen LogP contribution in [0.5, 0.6) is 5.75 Å². The van der Waals surface area contributed by atoms with Crippen LogP contribution in [0, 0.1) is 22.0 Å². The highest BCUT2D eigenvalue weighted by Gasteiger charge is 2.65. The van der Waals surface area contributed by atoms with E-state index in [1.165, 1.54) is 19.2 Å². The average molecular weight is 470 g/mol. The summed E-state index contributed by atoms with van der Waals surface area (Å²) >= 11 is 5.96. The minimum absolute atomic E-state index is 0.0262. The number of Topliss-reactive ketones (excluding diaryl/α,β-unsaturated/α-hetero) is 1. The molecule has 0 unspecified atom stereocenters. The Morgan fingerprint density at radius 3 is 2.48 bits per heavy atom. The molecule has 170 valence electrons. The predicted molar refractivity (Wildman–Crippen MR) is 118 cm³/mol. The molecule has 3 saturated heterocycles. The summed E-state index contributed by atoms with van der Waals surface area (Å²) in [6.07, 6.45) is 1.52. The molecule has 0 saturated carbocycles. The van der Waals surface area contributed by atoms with Crippen LogP contribution in [0.25, 0.3) is 0 Å². The van der Waals surface area contributed by atoms with E-state index in [0.717, 1.165) is 17.4 Å². The number of methoxy groups -OCH3 is 1. The number of imide groups is 1. The van der Waals surface area contributed by atoms with E-state index in [0.29, 0.717) is 23.6 Å². The zero-order valence-electron chi connectivity index (χ0n) is 17.6. The maximum Gasteiger partial charge on any atom is 0.271 e. The molecule has 3 aliphatic rings. The standard InChI is InChI=1S/C23H20ClN3O6/c1-33-17-9-8-14(27(31)32)11-16(17)26-22(29)18-15-3-2-10-25(15)20(19(18)23(26)30)21(28)12-4-6-13(24)7-5-12/h4-9,11,15,18-20H,2-3,10H2,1H3/t15-,18-,19-,20+/m1/s1. The average Bonchev–Trinajstić information content (AvgIpc) is 3.45. The van der Waals surface area contributed by atoms with Gasteiger partial charge >= 0.3 is 0 Å². The van der Waals surface area contributed by atoms with Gasteiger partial charge in [-0.3, -0.25) is 29.4 Å². The summed E-state index contributed by atoms with van der Waals surface area (Å²) in [4.78, 5) is 54.4. The van der Waals surface area contributed by atoms with Gasteiger partial charge in [-0.1, -0.05) is 11.6 Å². The van der Waals surface area contributed by atoms with E-state index in [1.54, 1.807) is 24.3 Å². The topological polar surface area (TPSA) is 110 Å². The number of fused-ring (bicyclic) bond motifs is 3. The molecule has 3 heterocycles. The lowest BCUT2D eigenvalue weighted by molar-refractivity contribution is -0.384. The number of ketones is 1. The van der Waals surface area contributed by atoms with Crippen LogP contribution in [-0.4, -0.2) is 53.2 Å². The van der Waals surface area contributed by atoms with Crippen molar-refractivity contribution in [3.05, 3.63) is 63.2 Å². The van der Waals surface area contributed by atoms with Gasteiger partial charge in [-0.25, -0.2) is 4.90 Å². The Morgan fingerprint density at radius 2 is 1.82 bits per heavy atom. The van der Waals surface area contributed by atoms with Crippen LogP contribution in [0.4, 0.5) is 11.4 Å². The number of anilines is 1. The molecule has 4 atom stereocenters. The van der Waals surface area contributed by atoms with Crippen molar-refractivity contribution in [1.82, 2.24) is 4.90 Å². The molecular formula is C23H20ClN3O6. The van der Waals surface area contributed by atoms with Gasteiger partial charge in [0, 0.05) is 28.8 Å². The molecule has 33 heavy (non-hydrogen) atoms. The number of rotatable bonds is 5. The molecule has 0 spiro atoms. The third-order valence-electron chi connectivity index (χ3n) is 6.86. The number of benzene rings is 2. The molecule has 0 aromatic heterocycles. The van der Waals surface area contributed by atoms with Crippen molar-refractivity contribution in [3.63, 3.8) is 0 Å². The smallest absolute Gasteiger partial charge is 0.271 e. The van der Waals surface area contributed by atoms with Gasteiger partial charge in [0.1, 0.15) is 11.4 Å². The summed E-state index contributed by atoms with van der Waals surface area (Å²) in [5, 5.41) is 11.8. The zero-order valence-corrected chi connectivity index (χ0v) is 18.4.